The highest BCUT2D eigenvalue weighted by atomic mass is 19.4. The second-order valence-corrected chi connectivity index (χ2v) is 6.45. The number of urea groups is 1. The van der Waals surface area contributed by atoms with Gasteiger partial charge in [-0.25, -0.2) is 9.18 Å². The van der Waals surface area contributed by atoms with Crippen LogP contribution >= 0.6 is 0 Å². The zero-order valence-electron chi connectivity index (χ0n) is 15.0. The normalized spacial score (nSPS) is 18.7. The fraction of sp³-hybridized carbons (Fsp3) is 0.263. The van der Waals surface area contributed by atoms with E-state index in [9.17, 15) is 27.5 Å². The topological polar surface area (TPSA) is 83.0 Å². The van der Waals surface area contributed by atoms with Crippen LogP contribution in [-0.2, 0) is 17.9 Å². The number of hydrogen-bond acceptors (Lipinski definition) is 4. The molecule has 2 aromatic rings. The highest BCUT2D eigenvalue weighted by molar-refractivity contribution is 6.01. The van der Waals surface area contributed by atoms with Crippen molar-refractivity contribution in [3.63, 3.8) is 0 Å². The number of halogens is 4. The Bertz CT molecular complexity index is 916. The lowest BCUT2D eigenvalue weighted by atomic mass is 10.0. The number of amides is 2. The van der Waals surface area contributed by atoms with Crippen molar-refractivity contribution in [3.8, 4) is 0 Å². The van der Waals surface area contributed by atoms with Crippen LogP contribution in [0.1, 0.15) is 23.1 Å². The van der Waals surface area contributed by atoms with Crippen molar-refractivity contribution in [3.05, 3.63) is 71.0 Å². The van der Waals surface area contributed by atoms with Gasteiger partial charge in [-0.3, -0.25) is 0 Å². The van der Waals surface area contributed by atoms with Gasteiger partial charge in [0.05, 0.1) is 12.1 Å². The van der Waals surface area contributed by atoms with Crippen molar-refractivity contribution in [2.24, 2.45) is 5.16 Å². The number of rotatable bonds is 5. The number of carbonyl (C=O) groups excluding carboxylic acids is 1. The molecule has 0 saturated heterocycles. The van der Waals surface area contributed by atoms with E-state index in [4.69, 9.17) is 0 Å². The van der Waals surface area contributed by atoms with Crippen LogP contribution in [0.3, 0.4) is 0 Å². The van der Waals surface area contributed by atoms with E-state index in [1.54, 1.807) is 30.3 Å². The van der Waals surface area contributed by atoms with E-state index >= 15 is 0 Å². The van der Waals surface area contributed by atoms with Gasteiger partial charge in [-0.1, -0.05) is 35.5 Å². The molecule has 0 spiro atoms. The molecular formula is C19H17F4N3O3. The maximum atomic E-state index is 12.9. The third kappa shape index (κ3) is 5.02. The minimum Gasteiger partial charge on any atom is -0.350 e. The Morgan fingerprint density at radius 1 is 1.10 bits per heavy atom. The van der Waals surface area contributed by atoms with Crippen LogP contribution < -0.4 is 10.6 Å². The van der Waals surface area contributed by atoms with E-state index in [0.29, 0.717) is 11.1 Å². The summed E-state index contributed by atoms with van der Waals surface area (Å²) in [6.07, 6.45) is -5.80. The molecule has 2 amide bonds. The molecule has 0 aliphatic carbocycles. The minimum absolute atomic E-state index is 0.0487. The van der Waals surface area contributed by atoms with Gasteiger partial charge in [-0.2, -0.15) is 13.2 Å². The van der Waals surface area contributed by atoms with Crippen molar-refractivity contribution in [1.82, 2.24) is 10.6 Å². The zero-order chi connectivity index (χ0) is 21.1. The molecule has 0 fully saturated rings. The monoisotopic (exact) mass is 411 g/mol. The number of alkyl halides is 3. The van der Waals surface area contributed by atoms with E-state index in [0.717, 1.165) is 5.56 Å². The number of oxime groups is 1. The second kappa shape index (κ2) is 8.08. The summed E-state index contributed by atoms with van der Waals surface area (Å²) in [4.78, 5) is 16.1. The molecule has 29 heavy (non-hydrogen) atoms. The lowest BCUT2D eigenvalue weighted by molar-refractivity contribution is -0.355. The first-order valence-corrected chi connectivity index (χ1v) is 8.56. The third-order valence-electron chi connectivity index (χ3n) is 4.24. The molecule has 2 aromatic carbocycles. The van der Waals surface area contributed by atoms with Crippen molar-refractivity contribution < 1.29 is 32.3 Å². The molecular weight excluding hydrogens is 394 g/mol. The minimum atomic E-state index is -4.97. The van der Waals surface area contributed by atoms with E-state index < -0.39 is 24.4 Å². The Hall–Kier alpha value is -3.14. The lowest BCUT2D eigenvalue weighted by Crippen LogP contribution is -2.45. The van der Waals surface area contributed by atoms with Gasteiger partial charge in [0.15, 0.2) is 0 Å². The second-order valence-electron chi connectivity index (χ2n) is 6.45. The summed E-state index contributed by atoms with van der Waals surface area (Å²) in [5.74, 6) is -3.71. The summed E-state index contributed by atoms with van der Waals surface area (Å²) in [6, 6.07) is 11.6. The van der Waals surface area contributed by atoms with Gasteiger partial charge in [0, 0.05) is 13.1 Å². The summed E-state index contributed by atoms with van der Waals surface area (Å²) >= 11 is 0. The number of hydrogen-bond donors (Lipinski definition) is 3. The number of benzene rings is 2. The van der Waals surface area contributed by atoms with Crippen LogP contribution in [0.5, 0.6) is 0 Å². The van der Waals surface area contributed by atoms with Crippen molar-refractivity contribution in [1.29, 1.82) is 0 Å². The summed E-state index contributed by atoms with van der Waals surface area (Å²) in [6.45, 7) is 0.317. The Morgan fingerprint density at radius 3 is 2.38 bits per heavy atom. The Kier molecular flexibility index (Phi) is 5.73. The molecule has 0 saturated carbocycles. The fourth-order valence-electron chi connectivity index (χ4n) is 2.62. The molecule has 3 N–H and O–H groups in total. The summed E-state index contributed by atoms with van der Waals surface area (Å²) < 4.78 is 51.3. The van der Waals surface area contributed by atoms with Crippen LogP contribution in [0.25, 0.3) is 0 Å². The number of aliphatic hydroxyl groups is 1. The summed E-state index contributed by atoms with van der Waals surface area (Å²) in [5.41, 5.74) is 1.63. The molecule has 1 aliphatic rings. The zero-order valence-corrected chi connectivity index (χ0v) is 15.0. The molecule has 6 nitrogen and oxygen atoms in total. The van der Waals surface area contributed by atoms with Crippen LogP contribution in [-0.4, -0.2) is 28.8 Å². The van der Waals surface area contributed by atoms with Gasteiger partial charge in [0.25, 0.3) is 0 Å². The van der Waals surface area contributed by atoms with Gasteiger partial charge in [0.2, 0.25) is 0 Å². The largest absolute Gasteiger partial charge is 0.458 e. The average Bonchev–Trinajstić information content (AvgIpc) is 3.10. The molecule has 3 rings (SSSR count). The van der Waals surface area contributed by atoms with Gasteiger partial charge < -0.3 is 20.6 Å². The SMILES string of the molecule is O=C(NCc1ccc(F)cc1)NCc1cccc(C2=NOC(O)(C(F)(F)F)C2)c1. The van der Waals surface area contributed by atoms with Crippen LogP contribution in [0.15, 0.2) is 53.7 Å². The Balaban J connectivity index is 1.54. The molecule has 0 radical (unpaired) electrons. The average molecular weight is 411 g/mol. The molecule has 1 aliphatic heterocycles. The van der Waals surface area contributed by atoms with Crippen LogP contribution in [0, 0.1) is 5.82 Å². The molecule has 1 unspecified atom stereocenters. The maximum absolute atomic E-state index is 12.9. The van der Waals surface area contributed by atoms with Gasteiger partial charge in [-0.05, 0) is 34.9 Å². The molecule has 1 heterocycles. The lowest BCUT2D eigenvalue weighted by Gasteiger charge is -2.22. The molecule has 10 heteroatoms. The van der Waals surface area contributed by atoms with Gasteiger partial charge >= 0.3 is 18.0 Å². The third-order valence-corrected chi connectivity index (χ3v) is 4.24. The molecule has 154 valence electrons. The van der Waals surface area contributed by atoms with Crippen molar-refractivity contribution >= 4 is 11.7 Å². The number of nitrogens with zero attached hydrogens (tertiary/aromatic N) is 1. The Labute approximate surface area is 163 Å². The molecule has 0 bridgehead atoms. The van der Waals surface area contributed by atoms with Crippen molar-refractivity contribution in [2.45, 2.75) is 31.5 Å². The van der Waals surface area contributed by atoms with Crippen LogP contribution in [0.4, 0.5) is 22.4 Å². The Morgan fingerprint density at radius 2 is 1.76 bits per heavy atom. The van der Waals surface area contributed by atoms with Gasteiger partial charge in [0.1, 0.15) is 5.82 Å². The van der Waals surface area contributed by atoms with Gasteiger partial charge in [-0.15, -0.1) is 0 Å². The predicted molar refractivity (Wildman–Crippen MR) is 95.2 cm³/mol. The highest BCUT2D eigenvalue weighted by Crippen LogP contribution is 2.38. The standard InChI is InChI=1S/C19H17F4N3O3/c20-15-6-4-12(5-7-15)10-24-17(27)25-11-13-2-1-3-14(8-13)16-9-18(28,29-26-16)19(21,22)23/h1-8,28H,9-11H2,(H2,24,25,27). The highest BCUT2D eigenvalue weighted by Gasteiger charge is 2.60. The number of nitrogens with one attached hydrogen (secondary N) is 2. The molecule has 0 aromatic heterocycles. The van der Waals surface area contributed by atoms with Crippen molar-refractivity contribution in [2.75, 3.05) is 0 Å². The quantitative estimate of drug-likeness (QED) is 0.661. The van der Waals surface area contributed by atoms with E-state index in [2.05, 4.69) is 20.6 Å². The maximum Gasteiger partial charge on any atom is 0.458 e. The van der Waals surface area contributed by atoms with E-state index in [1.807, 2.05) is 0 Å². The first-order chi connectivity index (χ1) is 13.7. The number of carbonyl (C=O) groups is 1. The first kappa shape index (κ1) is 20.6. The van der Waals surface area contributed by atoms with E-state index in [1.165, 1.54) is 18.2 Å². The summed E-state index contributed by atoms with van der Waals surface area (Å²) in [5, 5.41) is 18.1. The fourth-order valence-corrected chi connectivity index (χ4v) is 2.62. The van der Waals surface area contributed by atoms with E-state index in [-0.39, 0.29) is 24.6 Å². The predicted octanol–water partition coefficient (Wildman–Crippen LogP) is 3.20. The van der Waals surface area contributed by atoms with Crippen LogP contribution in [0.2, 0.25) is 0 Å². The summed E-state index contributed by atoms with van der Waals surface area (Å²) in [7, 11) is 0. The smallest absolute Gasteiger partial charge is 0.350 e. The molecule has 1 atom stereocenters. The first-order valence-electron chi connectivity index (χ1n) is 8.56.